The number of nitrogens with one attached hydrogen (secondary N) is 2. The van der Waals surface area contributed by atoms with Gasteiger partial charge in [0, 0.05) is 31.4 Å². The minimum absolute atomic E-state index is 0.146. The highest BCUT2D eigenvalue weighted by atomic mass is 16.5. The van der Waals surface area contributed by atoms with E-state index < -0.39 is 5.60 Å². The standard InChI is InChI=1S/C26H27N7O3/c1-26(2,35)20-15-32(9-10-36-20)16-6-7-21(27-11-16)31-18-13-29-24(17-12-30-25(34)23(17)18)19-14-28-22-5-3-4-8-33(19)22/h3-8,11,13-14,20,35H,9-10,12,15H2,1-2H3,(H,27,31)(H,30,34). The Morgan fingerprint density at radius 2 is 2.03 bits per heavy atom. The first-order chi connectivity index (χ1) is 17.4. The maximum atomic E-state index is 12.8. The van der Waals surface area contributed by atoms with Crippen LogP contribution in [0.2, 0.25) is 0 Å². The number of imidazole rings is 1. The molecule has 0 aliphatic carbocycles. The Balaban J connectivity index is 1.27. The number of morpholine rings is 1. The number of anilines is 3. The van der Waals surface area contributed by atoms with Gasteiger partial charge in [0.25, 0.3) is 5.91 Å². The third-order valence-electron chi connectivity index (χ3n) is 6.72. The van der Waals surface area contributed by atoms with Crippen molar-refractivity contribution in [2.24, 2.45) is 0 Å². The number of aromatic nitrogens is 4. The summed E-state index contributed by atoms with van der Waals surface area (Å²) in [6.45, 7) is 5.77. The van der Waals surface area contributed by atoms with Crippen LogP contribution in [0, 0.1) is 0 Å². The van der Waals surface area contributed by atoms with Gasteiger partial charge in [0.1, 0.15) is 17.6 Å². The number of hydrogen-bond donors (Lipinski definition) is 3. The molecule has 10 nitrogen and oxygen atoms in total. The van der Waals surface area contributed by atoms with Gasteiger partial charge < -0.3 is 25.4 Å². The molecule has 6 heterocycles. The lowest BCUT2D eigenvalue weighted by molar-refractivity contribution is -0.0928. The average molecular weight is 486 g/mol. The van der Waals surface area contributed by atoms with Gasteiger partial charge >= 0.3 is 0 Å². The molecule has 1 fully saturated rings. The molecule has 4 aromatic rings. The van der Waals surface area contributed by atoms with E-state index in [9.17, 15) is 9.90 Å². The van der Waals surface area contributed by atoms with Crippen molar-refractivity contribution in [3.63, 3.8) is 0 Å². The molecule has 184 valence electrons. The molecule has 2 aliphatic rings. The van der Waals surface area contributed by atoms with Crippen molar-refractivity contribution >= 4 is 28.7 Å². The normalized spacial score (nSPS) is 17.8. The van der Waals surface area contributed by atoms with Crippen molar-refractivity contribution in [2.75, 3.05) is 29.9 Å². The molecule has 36 heavy (non-hydrogen) atoms. The number of rotatable bonds is 5. The van der Waals surface area contributed by atoms with Crippen molar-refractivity contribution in [1.29, 1.82) is 0 Å². The fraction of sp³-hybridized carbons (Fsp3) is 0.308. The molecule has 0 spiro atoms. The zero-order valence-electron chi connectivity index (χ0n) is 20.1. The Kier molecular flexibility index (Phi) is 5.35. The van der Waals surface area contributed by atoms with Crippen LogP contribution in [0.5, 0.6) is 0 Å². The zero-order chi connectivity index (χ0) is 24.9. The maximum absolute atomic E-state index is 12.8. The second kappa shape index (κ2) is 8.58. The molecule has 4 aromatic heterocycles. The summed E-state index contributed by atoms with van der Waals surface area (Å²) in [5.41, 5.74) is 4.41. The predicted octanol–water partition coefficient (Wildman–Crippen LogP) is 2.75. The molecule has 0 radical (unpaired) electrons. The number of carbonyl (C=O) groups excluding carboxylic acids is 1. The summed E-state index contributed by atoms with van der Waals surface area (Å²) >= 11 is 0. The van der Waals surface area contributed by atoms with Gasteiger partial charge in [0.2, 0.25) is 0 Å². The van der Waals surface area contributed by atoms with Gasteiger partial charge in [0.15, 0.2) is 0 Å². The molecular formula is C26H27N7O3. The molecule has 2 aliphatic heterocycles. The summed E-state index contributed by atoms with van der Waals surface area (Å²) < 4.78 is 7.70. The number of fused-ring (bicyclic) bond motifs is 2. The Labute approximate surface area is 208 Å². The predicted molar refractivity (Wildman–Crippen MR) is 135 cm³/mol. The number of nitrogens with zero attached hydrogens (tertiary/aromatic N) is 5. The monoisotopic (exact) mass is 485 g/mol. The first-order valence-electron chi connectivity index (χ1n) is 11.9. The number of carbonyl (C=O) groups is 1. The number of pyridine rings is 3. The van der Waals surface area contributed by atoms with Gasteiger partial charge in [-0.3, -0.25) is 14.2 Å². The quantitative estimate of drug-likeness (QED) is 0.395. The molecule has 0 aromatic carbocycles. The topological polar surface area (TPSA) is 117 Å². The minimum Gasteiger partial charge on any atom is -0.388 e. The van der Waals surface area contributed by atoms with Crippen LogP contribution in [-0.4, -0.2) is 61.8 Å². The fourth-order valence-corrected chi connectivity index (χ4v) is 4.76. The van der Waals surface area contributed by atoms with Crippen LogP contribution in [-0.2, 0) is 11.3 Å². The summed E-state index contributed by atoms with van der Waals surface area (Å²) in [4.78, 5) is 28.7. The summed E-state index contributed by atoms with van der Waals surface area (Å²) in [7, 11) is 0. The minimum atomic E-state index is -0.920. The van der Waals surface area contributed by atoms with Crippen LogP contribution in [0.4, 0.5) is 17.2 Å². The van der Waals surface area contributed by atoms with E-state index in [1.165, 1.54) is 0 Å². The van der Waals surface area contributed by atoms with E-state index in [-0.39, 0.29) is 12.0 Å². The summed E-state index contributed by atoms with van der Waals surface area (Å²) in [6, 6.07) is 9.66. The Bertz CT molecular complexity index is 1440. The zero-order valence-corrected chi connectivity index (χ0v) is 20.1. The molecule has 1 atom stereocenters. The van der Waals surface area contributed by atoms with Gasteiger partial charge in [-0.25, -0.2) is 9.97 Å². The lowest BCUT2D eigenvalue weighted by atomic mass is 10.00. The lowest BCUT2D eigenvalue weighted by Gasteiger charge is -2.39. The first kappa shape index (κ1) is 22.4. The van der Waals surface area contributed by atoms with Crippen molar-refractivity contribution in [3.05, 3.63) is 66.2 Å². The molecular weight excluding hydrogens is 458 g/mol. The molecule has 0 bridgehead atoms. The highest BCUT2D eigenvalue weighted by Gasteiger charge is 2.33. The van der Waals surface area contributed by atoms with E-state index in [4.69, 9.17) is 9.72 Å². The molecule has 1 amide bonds. The highest BCUT2D eigenvalue weighted by molar-refractivity contribution is 6.05. The summed E-state index contributed by atoms with van der Waals surface area (Å²) in [5.74, 6) is 0.463. The molecule has 0 saturated carbocycles. The van der Waals surface area contributed by atoms with Crippen LogP contribution in [0.3, 0.4) is 0 Å². The highest BCUT2D eigenvalue weighted by Crippen LogP contribution is 2.33. The molecule has 3 N–H and O–H groups in total. The smallest absolute Gasteiger partial charge is 0.254 e. The van der Waals surface area contributed by atoms with Crippen LogP contribution in [0.25, 0.3) is 17.0 Å². The second-order valence-corrected chi connectivity index (χ2v) is 9.61. The summed E-state index contributed by atoms with van der Waals surface area (Å²) in [5, 5.41) is 16.5. The van der Waals surface area contributed by atoms with E-state index in [0.717, 1.165) is 34.8 Å². The number of amides is 1. The van der Waals surface area contributed by atoms with Crippen molar-refractivity contribution in [3.8, 4) is 11.4 Å². The van der Waals surface area contributed by atoms with Gasteiger partial charge in [-0.1, -0.05) is 6.07 Å². The van der Waals surface area contributed by atoms with Crippen LogP contribution >= 0.6 is 0 Å². The van der Waals surface area contributed by atoms with Crippen LogP contribution < -0.4 is 15.5 Å². The number of hydrogen-bond acceptors (Lipinski definition) is 8. The molecule has 1 unspecified atom stereocenters. The van der Waals surface area contributed by atoms with Gasteiger partial charge in [-0.05, 0) is 38.1 Å². The lowest BCUT2D eigenvalue weighted by Crippen LogP contribution is -2.52. The maximum Gasteiger partial charge on any atom is 0.254 e. The van der Waals surface area contributed by atoms with Crippen molar-refractivity contribution in [1.82, 2.24) is 24.7 Å². The first-order valence-corrected chi connectivity index (χ1v) is 11.9. The van der Waals surface area contributed by atoms with Crippen molar-refractivity contribution < 1.29 is 14.6 Å². The molecule has 1 saturated heterocycles. The number of ether oxygens (including phenoxy) is 1. The fourth-order valence-electron chi connectivity index (χ4n) is 4.76. The number of aliphatic hydroxyl groups is 1. The third kappa shape index (κ3) is 3.94. The molecule has 6 rings (SSSR count). The third-order valence-corrected chi connectivity index (χ3v) is 6.72. The Morgan fingerprint density at radius 1 is 1.14 bits per heavy atom. The van der Waals surface area contributed by atoms with Gasteiger partial charge in [-0.15, -0.1) is 0 Å². The largest absolute Gasteiger partial charge is 0.388 e. The van der Waals surface area contributed by atoms with Gasteiger partial charge in [0.05, 0.1) is 59.1 Å². The van der Waals surface area contributed by atoms with Crippen molar-refractivity contribution in [2.45, 2.75) is 32.1 Å². The average Bonchev–Trinajstić information content (AvgIpc) is 3.49. The van der Waals surface area contributed by atoms with E-state index in [0.29, 0.717) is 36.8 Å². The van der Waals surface area contributed by atoms with E-state index in [1.54, 1.807) is 32.4 Å². The SMILES string of the molecule is CC(C)(O)C1CN(c2ccc(Nc3cnc(-c4cnc5ccccn45)c4c3C(=O)NC4)nc2)CCO1. The van der Waals surface area contributed by atoms with E-state index in [1.807, 2.05) is 40.9 Å². The van der Waals surface area contributed by atoms with E-state index in [2.05, 4.69) is 25.5 Å². The molecule has 10 heteroatoms. The van der Waals surface area contributed by atoms with E-state index >= 15 is 0 Å². The second-order valence-electron chi connectivity index (χ2n) is 9.61. The Hall–Kier alpha value is -4.02. The Morgan fingerprint density at radius 3 is 2.83 bits per heavy atom. The van der Waals surface area contributed by atoms with Crippen LogP contribution in [0.1, 0.15) is 29.8 Å². The van der Waals surface area contributed by atoms with Crippen LogP contribution in [0.15, 0.2) is 55.1 Å². The summed E-state index contributed by atoms with van der Waals surface area (Å²) in [6.07, 6.45) is 6.90. The van der Waals surface area contributed by atoms with Gasteiger partial charge in [-0.2, -0.15) is 0 Å².